The van der Waals surface area contributed by atoms with Gasteiger partial charge in [0.05, 0.1) is 6.42 Å². The van der Waals surface area contributed by atoms with Crippen molar-refractivity contribution in [1.82, 2.24) is 29.9 Å². The molecule has 10 nitrogen and oxygen atoms in total. The van der Waals surface area contributed by atoms with Crippen LogP contribution >= 0.6 is 0 Å². The van der Waals surface area contributed by atoms with E-state index in [1.165, 1.54) is 0 Å². The Hall–Kier alpha value is -9.02. The number of hydrogen-bond acceptors (Lipinski definition) is 10. The fourth-order valence-corrected chi connectivity index (χ4v) is 9.15. The second kappa shape index (κ2) is 20.8. The molecule has 2 heterocycles. The van der Waals surface area contributed by atoms with Gasteiger partial charge in [0.15, 0.2) is 0 Å². The van der Waals surface area contributed by atoms with Crippen molar-refractivity contribution < 1.29 is 0 Å². The van der Waals surface area contributed by atoms with Gasteiger partial charge in [0.2, 0.25) is 23.8 Å². The topological polar surface area (TPSA) is 90.3 Å². The van der Waals surface area contributed by atoms with Gasteiger partial charge in [-0.05, 0) is 197 Å². The summed E-state index contributed by atoms with van der Waals surface area (Å²) >= 11 is 0. The first-order valence-electron chi connectivity index (χ1n) is 24.6. The van der Waals surface area contributed by atoms with Crippen LogP contribution in [0.15, 0.2) is 194 Å². The molecule has 0 atom stereocenters. The molecule has 0 amide bonds. The van der Waals surface area contributed by atoms with Crippen molar-refractivity contribution in [2.75, 3.05) is 19.6 Å². The molecule has 2 aromatic heterocycles. The molecule has 0 radical (unpaired) electrons. The summed E-state index contributed by atoms with van der Waals surface area (Å²) in [6.07, 6.45) is 0.126. The molecule has 0 aliphatic carbocycles. The van der Waals surface area contributed by atoms with Crippen LogP contribution in [0, 0.1) is 55.4 Å². The highest BCUT2D eigenvalue weighted by molar-refractivity contribution is 5.79. The number of aryl methyl sites for hydroxylation is 8. The average Bonchev–Trinajstić information content (AvgIpc) is 3.35. The zero-order chi connectivity index (χ0) is 50.6. The van der Waals surface area contributed by atoms with Crippen molar-refractivity contribution in [3.8, 4) is 0 Å². The number of anilines is 12. The molecule has 0 fully saturated rings. The van der Waals surface area contributed by atoms with Gasteiger partial charge in [0.25, 0.3) is 0 Å². The largest absolute Gasteiger partial charge is 0.279 e. The van der Waals surface area contributed by atoms with E-state index in [9.17, 15) is 0 Å². The molecule has 73 heavy (non-hydrogen) atoms. The Bertz CT molecular complexity index is 2960. The van der Waals surface area contributed by atoms with Crippen LogP contribution in [0.3, 0.4) is 0 Å². The van der Waals surface area contributed by atoms with Crippen molar-refractivity contribution in [1.29, 1.82) is 0 Å². The van der Waals surface area contributed by atoms with E-state index in [2.05, 4.69) is 269 Å². The number of nitrogens with zero attached hydrogens (tertiary/aromatic N) is 10. The number of hydrogen-bond donors (Lipinski definition) is 0. The van der Waals surface area contributed by atoms with Crippen molar-refractivity contribution in [2.45, 2.75) is 61.8 Å². The third-order valence-corrected chi connectivity index (χ3v) is 12.5. The van der Waals surface area contributed by atoms with E-state index in [1.54, 1.807) is 0 Å². The molecule has 0 aliphatic heterocycles. The fourth-order valence-electron chi connectivity index (χ4n) is 9.15. The van der Waals surface area contributed by atoms with Crippen LogP contribution in [0.5, 0.6) is 0 Å². The zero-order valence-electron chi connectivity index (χ0n) is 42.7. The summed E-state index contributed by atoms with van der Waals surface area (Å²) in [7, 11) is 0. The highest BCUT2D eigenvalue weighted by Gasteiger charge is 2.27. The maximum Gasteiger partial charge on any atom is 0.239 e. The van der Waals surface area contributed by atoms with E-state index in [-0.39, 0.29) is 6.42 Å². The van der Waals surface area contributed by atoms with Gasteiger partial charge < -0.3 is 0 Å². The molecule has 10 heteroatoms. The molecule has 10 rings (SSSR count). The number of aromatic nitrogens is 6. The summed E-state index contributed by atoms with van der Waals surface area (Å²) in [5, 5.41) is 0. The first kappa shape index (κ1) is 47.6. The molecule has 0 saturated heterocycles. The summed E-state index contributed by atoms with van der Waals surface area (Å²) in [5.74, 6) is 2.70. The maximum atomic E-state index is 5.44. The highest BCUT2D eigenvalue weighted by atomic mass is 15.4. The Morgan fingerprint density at radius 1 is 0.233 bits per heavy atom. The molecule has 0 aliphatic rings. The van der Waals surface area contributed by atoms with Crippen LogP contribution in [0.25, 0.3) is 0 Å². The summed E-state index contributed by atoms with van der Waals surface area (Å²) in [6.45, 7) is 16.8. The molecule has 10 aromatic rings. The summed E-state index contributed by atoms with van der Waals surface area (Å²) in [6, 6.07) is 67.4. The van der Waals surface area contributed by atoms with E-state index in [4.69, 9.17) is 29.9 Å². The van der Waals surface area contributed by atoms with E-state index < -0.39 is 0 Å². The molecule has 360 valence electrons. The third-order valence-electron chi connectivity index (χ3n) is 12.5. The van der Waals surface area contributed by atoms with Crippen LogP contribution < -0.4 is 19.6 Å². The molecule has 0 saturated carbocycles. The van der Waals surface area contributed by atoms with Crippen molar-refractivity contribution >= 4 is 69.3 Å². The molecular formula is C63H58N10. The van der Waals surface area contributed by atoms with Gasteiger partial charge in [-0.1, -0.05) is 97.1 Å². The van der Waals surface area contributed by atoms with E-state index in [1.807, 2.05) is 0 Å². The lowest BCUT2D eigenvalue weighted by Crippen LogP contribution is -2.22. The third kappa shape index (κ3) is 10.8. The Labute approximate surface area is 429 Å². The van der Waals surface area contributed by atoms with Crippen molar-refractivity contribution in [3.05, 3.63) is 250 Å². The van der Waals surface area contributed by atoms with Gasteiger partial charge >= 0.3 is 0 Å². The number of rotatable bonds is 14. The quantitative estimate of drug-likeness (QED) is 0.105. The molecule has 0 bridgehead atoms. The Kier molecular flexibility index (Phi) is 13.5. The van der Waals surface area contributed by atoms with Gasteiger partial charge in [-0.3, -0.25) is 19.6 Å². The minimum Gasteiger partial charge on any atom is -0.279 e. The minimum atomic E-state index is 0.126. The number of benzene rings is 8. The summed E-state index contributed by atoms with van der Waals surface area (Å²) in [5.41, 5.74) is 16.1. The van der Waals surface area contributed by atoms with Crippen LogP contribution in [0.2, 0.25) is 0 Å². The monoisotopic (exact) mass is 954 g/mol. The smallest absolute Gasteiger partial charge is 0.239 e. The highest BCUT2D eigenvalue weighted by Crippen LogP contribution is 2.40. The molecule has 8 aromatic carbocycles. The van der Waals surface area contributed by atoms with Crippen molar-refractivity contribution in [2.24, 2.45) is 0 Å². The van der Waals surface area contributed by atoms with Gasteiger partial charge in [0.1, 0.15) is 11.6 Å². The predicted octanol–water partition coefficient (Wildman–Crippen LogP) is 16.0. The second-order valence-electron chi connectivity index (χ2n) is 18.9. The first-order chi connectivity index (χ1) is 35.4. The van der Waals surface area contributed by atoms with E-state index in [0.717, 1.165) is 90.0 Å². The summed E-state index contributed by atoms with van der Waals surface area (Å²) in [4.78, 5) is 41.0. The van der Waals surface area contributed by atoms with Crippen LogP contribution in [0.1, 0.15) is 56.2 Å². The predicted molar refractivity (Wildman–Crippen MR) is 299 cm³/mol. The standard InChI is InChI=1S/C63H58N10/c1-42-17-9-25-50(33-42)70(51-26-10-18-43(2)34-51)60-64-58(65-61(68-60)71(52-27-11-19-44(3)35-52)53-28-12-20-45(4)36-53)41-59-66-62(72(54-29-13-21-46(5)37-54)55-30-14-22-47(6)38-55)69-63(67-59)73(56-31-15-23-48(7)39-56)57-32-16-24-49(8)40-57/h9-40H,41H2,1-8H3. The normalized spacial score (nSPS) is 11.1. The maximum absolute atomic E-state index is 5.44. The van der Waals surface area contributed by atoms with Crippen LogP contribution in [-0.4, -0.2) is 29.9 Å². The lowest BCUT2D eigenvalue weighted by Gasteiger charge is -2.28. The molecule has 0 spiro atoms. The molecular weight excluding hydrogens is 897 g/mol. The Morgan fingerprint density at radius 2 is 0.397 bits per heavy atom. The SMILES string of the molecule is Cc1cccc(N(c2cccc(C)c2)c2nc(Cc3nc(N(c4cccc(C)c4)c4cccc(C)c4)nc(N(c4cccc(C)c4)c4cccc(C)c4)n3)nc(N(c3cccc(C)c3)c3cccc(C)c3)n2)c1. The van der Waals surface area contributed by atoms with Crippen molar-refractivity contribution in [3.63, 3.8) is 0 Å². The second-order valence-corrected chi connectivity index (χ2v) is 18.9. The minimum absolute atomic E-state index is 0.126. The fraction of sp³-hybridized carbons (Fsp3) is 0.143. The molecule has 0 unspecified atom stereocenters. The zero-order valence-corrected chi connectivity index (χ0v) is 42.7. The van der Waals surface area contributed by atoms with Gasteiger partial charge in [0, 0.05) is 45.5 Å². The lowest BCUT2D eigenvalue weighted by molar-refractivity contribution is 0.834. The molecule has 0 N–H and O–H groups in total. The van der Waals surface area contributed by atoms with E-state index >= 15 is 0 Å². The van der Waals surface area contributed by atoms with Crippen LogP contribution in [0.4, 0.5) is 69.3 Å². The lowest BCUT2D eigenvalue weighted by atomic mass is 10.1. The summed E-state index contributed by atoms with van der Waals surface area (Å²) < 4.78 is 0. The van der Waals surface area contributed by atoms with E-state index in [0.29, 0.717) is 35.4 Å². The Morgan fingerprint density at radius 3 is 0.548 bits per heavy atom. The van der Waals surface area contributed by atoms with Gasteiger partial charge in [-0.25, -0.2) is 0 Å². The van der Waals surface area contributed by atoms with Gasteiger partial charge in [-0.2, -0.15) is 29.9 Å². The first-order valence-corrected chi connectivity index (χ1v) is 24.6. The Balaban J connectivity index is 1.25. The van der Waals surface area contributed by atoms with Gasteiger partial charge in [-0.15, -0.1) is 0 Å². The average molecular weight is 955 g/mol. The van der Waals surface area contributed by atoms with Crippen LogP contribution in [-0.2, 0) is 6.42 Å².